The largest absolute Gasteiger partial charge is 0.490 e. The van der Waals surface area contributed by atoms with Crippen LogP contribution < -0.4 is 4.74 Å². The van der Waals surface area contributed by atoms with Crippen molar-refractivity contribution in [2.24, 2.45) is 5.92 Å². The van der Waals surface area contributed by atoms with Crippen molar-refractivity contribution in [2.45, 2.75) is 32.8 Å². The second-order valence-electron chi connectivity index (χ2n) is 4.20. The predicted octanol–water partition coefficient (Wildman–Crippen LogP) is 3.96. The number of halogens is 2. The SMILES string of the molecule is Cc1c(OC2CCC2C)ccc(F)c1Cl. The van der Waals surface area contributed by atoms with E-state index in [1.165, 1.54) is 12.5 Å². The van der Waals surface area contributed by atoms with Crippen LogP contribution >= 0.6 is 11.6 Å². The Morgan fingerprint density at radius 3 is 2.67 bits per heavy atom. The van der Waals surface area contributed by atoms with E-state index in [0.717, 1.165) is 6.42 Å². The molecule has 0 aliphatic heterocycles. The molecule has 1 aromatic carbocycles. The molecule has 0 saturated heterocycles. The van der Waals surface area contributed by atoms with Gasteiger partial charge in [0.25, 0.3) is 0 Å². The highest BCUT2D eigenvalue weighted by atomic mass is 35.5. The molecular weight excluding hydrogens is 215 g/mol. The highest BCUT2D eigenvalue weighted by Crippen LogP contribution is 2.34. The van der Waals surface area contributed by atoms with E-state index in [4.69, 9.17) is 16.3 Å². The van der Waals surface area contributed by atoms with Crippen molar-refractivity contribution in [2.75, 3.05) is 0 Å². The molecule has 2 rings (SSSR count). The number of rotatable bonds is 2. The predicted molar refractivity (Wildman–Crippen MR) is 59.0 cm³/mol. The third-order valence-corrected chi connectivity index (χ3v) is 3.57. The average molecular weight is 229 g/mol. The molecule has 1 aliphatic carbocycles. The summed E-state index contributed by atoms with van der Waals surface area (Å²) in [7, 11) is 0. The maximum atomic E-state index is 13.1. The van der Waals surface area contributed by atoms with Crippen LogP contribution in [-0.4, -0.2) is 6.10 Å². The molecule has 0 heterocycles. The van der Waals surface area contributed by atoms with E-state index in [-0.39, 0.29) is 16.9 Å². The summed E-state index contributed by atoms with van der Waals surface area (Å²) in [5.41, 5.74) is 0.691. The fourth-order valence-corrected chi connectivity index (χ4v) is 1.89. The van der Waals surface area contributed by atoms with Gasteiger partial charge in [0.05, 0.1) is 5.02 Å². The maximum Gasteiger partial charge on any atom is 0.142 e. The van der Waals surface area contributed by atoms with Gasteiger partial charge in [0.2, 0.25) is 0 Å². The van der Waals surface area contributed by atoms with Crippen molar-refractivity contribution in [3.05, 3.63) is 28.5 Å². The van der Waals surface area contributed by atoms with E-state index in [0.29, 0.717) is 17.2 Å². The Balaban J connectivity index is 2.18. The van der Waals surface area contributed by atoms with E-state index < -0.39 is 0 Å². The quantitative estimate of drug-likeness (QED) is 0.745. The molecule has 0 aromatic heterocycles. The van der Waals surface area contributed by atoms with Gasteiger partial charge in [0, 0.05) is 5.56 Å². The summed E-state index contributed by atoms with van der Waals surface area (Å²) >= 11 is 5.81. The average Bonchev–Trinajstić information content (AvgIpc) is 2.23. The van der Waals surface area contributed by atoms with E-state index in [1.807, 2.05) is 0 Å². The first-order valence-corrected chi connectivity index (χ1v) is 5.58. The minimum atomic E-state index is -0.386. The Bertz CT molecular complexity index is 378. The fraction of sp³-hybridized carbons (Fsp3) is 0.500. The Labute approximate surface area is 94.2 Å². The monoisotopic (exact) mass is 228 g/mol. The Morgan fingerprint density at radius 1 is 1.40 bits per heavy atom. The van der Waals surface area contributed by atoms with Crippen LogP contribution in [0.2, 0.25) is 5.02 Å². The zero-order valence-electron chi connectivity index (χ0n) is 8.89. The lowest BCUT2D eigenvalue weighted by Gasteiger charge is -2.34. The molecule has 0 amide bonds. The normalized spacial score (nSPS) is 24.8. The third-order valence-electron chi connectivity index (χ3n) is 3.11. The number of hydrogen-bond acceptors (Lipinski definition) is 1. The number of ether oxygens (including phenoxy) is 1. The molecule has 82 valence electrons. The van der Waals surface area contributed by atoms with Crippen molar-refractivity contribution < 1.29 is 9.13 Å². The molecule has 1 nitrogen and oxygen atoms in total. The second-order valence-corrected chi connectivity index (χ2v) is 4.57. The minimum absolute atomic E-state index is 0.166. The topological polar surface area (TPSA) is 9.23 Å². The van der Waals surface area contributed by atoms with Gasteiger partial charge in [-0.15, -0.1) is 0 Å². The molecule has 1 saturated carbocycles. The molecule has 0 N–H and O–H groups in total. The highest BCUT2D eigenvalue weighted by Gasteiger charge is 2.29. The molecule has 0 spiro atoms. The molecule has 0 radical (unpaired) electrons. The first-order chi connectivity index (χ1) is 7.09. The van der Waals surface area contributed by atoms with Gasteiger partial charge in [-0.05, 0) is 37.8 Å². The lowest BCUT2D eigenvalue weighted by molar-refractivity contribution is 0.0570. The smallest absolute Gasteiger partial charge is 0.142 e. The zero-order valence-corrected chi connectivity index (χ0v) is 9.64. The van der Waals surface area contributed by atoms with Crippen molar-refractivity contribution in [3.63, 3.8) is 0 Å². The van der Waals surface area contributed by atoms with Crippen LogP contribution in [-0.2, 0) is 0 Å². The summed E-state index contributed by atoms with van der Waals surface area (Å²) in [5.74, 6) is 0.911. The van der Waals surface area contributed by atoms with Gasteiger partial charge in [-0.25, -0.2) is 4.39 Å². The molecule has 2 atom stereocenters. The first kappa shape index (κ1) is 10.7. The number of hydrogen-bond donors (Lipinski definition) is 0. The Kier molecular flexibility index (Phi) is 2.87. The summed E-state index contributed by atoms with van der Waals surface area (Å²) < 4.78 is 18.9. The number of benzene rings is 1. The van der Waals surface area contributed by atoms with Crippen LogP contribution in [0, 0.1) is 18.7 Å². The first-order valence-electron chi connectivity index (χ1n) is 5.21. The minimum Gasteiger partial charge on any atom is -0.490 e. The van der Waals surface area contributed by atoms with Gasteiger partial charge in [-0.3, -0.25) is 0 Å². The van der Waals surface area contributed by atoms with Crippen molar-refractivity contribution >= 4 is 11.6 Å². The van der Waals surface area contributed by atoms with Gasteiger partial charge in [0.1, 0.15) is 17.7 Å². The van der Waals surface area contributed by atoms with Crippen LogP contribution in [0.3, 0.4) is 0 Å². The molecule has 2 unspecified atom stereocenters. The van der Waals surface area contributed by atoms with Gasteiger partial charge < -0.3 is 4.74 Å². The van der Waals surface area contributed by atoms with E-state index >= 15 is 0 Å². The van der Waals surface area contributed by atoms with Crippen LogP contribution in [0.15, 0.2) is 12.1 Å². The van der Waals surface area contributed by atoms with E-state index in [1.54, 1.807) is 13.0 Å². The van der Waals surface area contributed by atoms with Crippen LogP contribution in [0.4, 0.5) is 4.39 Å². The maximum absolute atomic E-state index is 13.1. The molecule has 1 aromatic rings. The summed E-state index contributed by atoms with van der Waals surface area (Å²) in [4.78, 5) is 0. The molecular formula is C12H14ClFO. The molecule has 1 fully saturated rings. The molecule has 3 heteroatoms. The zero-order chi connectivity index (χ0) is 11.0. The second kappa shape index (κ2) is 4.01. The third kappa shape index (κ3) is 1.96. The van der Waals surface area contributed by atoms with Gasteiger partial charge in [-0.2, -0.15) is 0 Å². The lowest BCUT2D eigenvalue weighted by atomic mass is 9.83. The summed E-state index contributed by atoms with van der Waals surface area (Å²) in [6, 6.07) is 3.01. The Morgan fingerprint density at radius 2 is 2.13 bits per heavy atom. The van der Waals surface area contributed by atoms with E-state index in [2.05, 4.69) is 6.92 Å². The summed E-state index contributed by atoms with van der Waals surface area (Å²) in [6.45, 7) is 3.94. The van der Waals surface area contributed by atoms with E-state index in [9.17, 15) is 4.39 Å². The molecule has 0 bridgehead atoms. The van der Waals surface area contributed by atoms with Gasteiger partial charge in [-0.1, -0.05) is 18.5 Å². The highest BCUT2D eigenvalue weighted by molar-refractivity contribution is 6.31. The molecule has 15 heavy (non-hydrogen) atoms. The van der Waals surface area contributed by atoms with Gasteiger partial charge in [0.15, 0.2) is 0 Å². The summed E-state index contributed by atoms with van der Waals surface area (Å²) in [6.07, 6.45) is 2.55. The van der Waals surface area contributed by atoms with Crippen molar-refractivity contribution in [3.8, 4) is 5.75 Å². The standard InChI is InChI=1S/C12H14ClFO/c1-7-3-5-10(7)15-11-6-4-9(14)12(13)8(11)2/h4,6-7,10H,3,5H2,1-2H3. The van der Waals surface area contributed by atoms with Crippen molar-refractivity contribution in [1.29, 1.82) is 0 Å². The lowest BCUT2D eigenvalue weighted by Crippen LogP contribution is -2.34. The van der Waals surface area contributed by atoms with Crippen LogP contribution in [0.1, 0.15) is 25.3 Å². The van der Waals surface area contributed by atoms with Crippen molar-refractivity contribution in [1.82, 2.24) is 0 Å². The molecule has 1 aliphatic rings. The fourth-order valence-electron chi connectivity index (χ4n) is 1.74. The van der Waals surface area contributed by atoms with Gasteiger partial charge >= 0.3 is 0 Å². The summed E-state index contributed by atoms with van der Waals surface area (Å²) in [5, 5.41) is 0.166. The van der Waals surface area contributed by atoms with Crippen LogP contribution in [0.25, 0.3) is 0 Å². The Hall–Kier alpha value is -0.760. The van der Waals surface area contributed by atoms with Crippen LogP contribution in [0.5, 0.6) is 5.75 Å².